The van der Waals surface area contributed by atoms with E-state index in [0.717, 1.165) is 22.4 Å². The van der Waals surface area contributed by atoms with Crippen molar-refractivity contribution in [3.05, 3.63) is 70.9 Å². The zero-order chi connectivity index (χ0) is 26.1. The van der Waals surface area contributed by atoms with E-state index in [1.165, 1.54) is 9.80 Å². The van der Waals surface area contributed by atoms with E-state index in [1.54, 1.807) is 56.0 Å². The molecule has 1 aliphatic rings. The number of aryl methyl sites for hydroxylation is 2. The average molecular weight is 490 g/mol. The van der Waals surface area contributed by atoms with Crippen LogP contribution in [0.2, 0.25) is 0 Å². The molecule has 2 heterocycles. The van der Waals surface area contributed by atoms with Crippen molar-refractivity contribution in [2.75, 3.05) is 18.5 Å². The number of carbonyl (C=O) groups is 3. The summed E-state index contributed by atoms with van der Waals surface area (Å²) >= 11 is 0. The molecule has 4 rings (SSSR count). The zero-order valence-electron chi connectivity index (χ0n) is 21.1. The summed E-state index contributed by atoms with van der Waals surface area (Å²) in [5, 5.41) is 16.4. The van der Waals surface area contributed by atoms with E-state index in [-0.39, 0.29) is 30.8 Å². The van der Waals surface area contributed by atoms with Crippen molar-refractivity contribution in [1.82, 2.24) is 20.0 Å². The minimum Gasteiger partial charge on any atom is -0.392 e. The van der Waals surface area contributed by atoms with Crippen LogP contribution in [0.1, 0.15) is 45.7 Å². The van der Waals surface area contributed by atoms with Gasteiger partial charge in [0.25, 0.3) is 11.8 Å². The Balaban J connectivity index is 1.66. The van der Waals surface area contributed by atoms with Crippen molar-refractivity contribution in [3.8, 4) is 11.3 Å². The summed E-state index contributed by atoms with van der Waals surface area (Å²) in [7, 11) is 3.54. The fourth-order valence-corrected chi connectivity index (χ4v) is 4.52. The number of likely N-dealkylation sites (N-methyl/N-ethyl adjacent to an activating group) is 1. The lowest BCUT2D eigenvalue weighted by Gasteiger charge is -2.27. The van der Waals surface area contributed by atoms with Crippen LogP contribution in [0.4, 0.5) is 5.69 Å². The smallest absolute Gasteiger partial charge is 0.256 e. The Hall–Kier alpha value is -3.98. The largest absolute Gasteiger partial charge is 0.392 e. The Bertz CT molecular complexity index is 1310. The first-order valence-corrected chi connectivity index (χ1v) is 11.8. The highest BCUT2D eigenvalue weighted by molar-refractivity contribution is 6.11. The Kier molecular flexibility index (Phi) is 6.94. The maximum absolute atomic E-state index is 13.7. The molecule has 0 spiro atoms. The summed E-state index contributed by atoms with van der Waals surface area (Å²) in [6, 6.07) is 11.7. The topological polar surface area (TPSA) is 108 Å². The lowest BCUT2D eigenvalue weighted by Crippen LogP contribution is -2.45. The van der Waals surface area contributed by atoms with Crippen LogP contribution in [-0.4, -0.2) is 63.2 Å². The molecule has 0 aliphatic carbocycles. The molecule has 1 unspecified atom stereocenters. The minimum absolute atomic E-state index is 0.142. The molecule has 36 heavy (non-hydrogen) atoms. The van der Waals surface area contributed by atoms with E-state index >= 15 is 0 Å². The third-order valence-electron chi connectivity index (χ3n) is 6.50. The van der Waals surface area contributed by atoms with Crippen LogP contribution in [0.5, 0.6) is 0 Å². The molecule has 3 amide bonds. The standard InChI is InChI=1S/C27H31N5O4/c1-16-13-29-31(5)24(16)20-9-10-22-23(12-20)30(4)26(35)18(3)32(27(22)36)15-19-7-6-8-21(11-19)25(34)28-14-17(2)33/h6-13,17-18,33H,14-15H2,1-5H3,(H,28,34)/t17?,18-/m1/s1. The van der Waals surface area contributed by atoms with Crippen LogP contribution < -0.4 is 10.2 Å². The molecule has 1 aromatic heterocycles. The van der Waals surface area contributed by atoms with Gasteiger partial charge in [0.1, 0.15) is 6.04 Å². The summed E-state index contributed by atoms with van der Waals surface area (Å²) in [5.74, 6) is -0.772. The molecule has 0 saturated carbocycles. The number of carbonyl (C=O) groups excluding carboxylic acids is 3. The number of fused-ring (bicyclic) bond motifs is 1. The number of benzene rings is 2. The Morgan fingerprint density at radius 1 is 1.17 bits per heavy atom. The average Bonchev–Trinajstić information content (AvgIpc) is 3.18. The number of aliphatic hydroxyl groups excluding tert-OH is 1. The van der Waals surface area contributed by atoms with Gasteiger partial charge < -0.3 is 20.2 Å². The van der Waals surface area contributed by atoms with E-state index in [1.807, 2.05) is 32.2 Å². The highest BCUT2D eigenvalue weighted by Crippen LogP contribution is 2.33. The molecule has 2 N–H and O–H groups in total. The second-order valence-electron chi connectivity index (χ2n) is 9.30. The van der Waals surface area contributed by atoms with Crippen LogP contribution in [0.15, 0.2) is 48.7 Å². The molecule has 0 saturated heterocycles. The predicted molar refractivity (Wildman–Crippen MR) is 137 cm³/mol. The second kappa shape index (κ2) is 9.94. The Labute approximate surface area is 210 Å². The Morgan fingerprint density at radius 3 is 2.58 bits per heavy atom. The van der Waals surface area contributed by atoms with Gasteiger partial charge in [-0.2, -0.15) is 5.10 Å². The first kappa shape index (κ1) is 25.1. The number of nitrogens with one attached hydrogen (secondary N) is 1. The molecule has 9 heteroatoms. The van der Waals surface area contributed by atoms with Crippen molar-refractivity contribution in [2.24, 2.45) is 7.05 Å². The van der Waals surface area contributed by atoms with Gasteiger partial charge in [0, 0.05) is 38.3 Å². The molecule has 2 atom stereocenters. The number of anilines is 1. The van der Waals surface area contributed by atoms with Gasteiger partial charge in [0.05, 0.1) is 29.2 Å². The lowest BCUT2D eigenvalue weighted by molar-refractivity contribution is -0.122. The summed E-state index contributed by atoms with van der Waals surface area (Å²) < 4.78 is 1.77. The van der Waals surface area contributed by atoms with Crippen LogP contribution >= 0.6 is 0 Å². The van der Waals surface area contributed by atoms with Gasteiger partial charge in [-0.1, -0.05) is 18.2 Å². The molecule has 0 fully saturated rings. The van der Waals surface area contributed by atoms with Gasteiger partial charge in [-0.05, 0) is 56.2 Å². The third kappa shape index (κ3) is 4.74. The minimum atomic E-state index is -0.704. The van der Waals surface area contributed by atoms with Gasteiger partial charge in [-0.25, -0.2) is 0 Å². The van der Waals surface area contributed by atoms with E-state index in [0.29, 0.717) is 16.8 Å². The monoisotopic (exact) mass is 489 g/mol. The second-order valence-corrected chi connectivity index (χ2v) is 9.30. The normalized spacial score (nSPS) is 16.6. The number of rotatable bonds is 6. The number of aliphatic hydroxyl groups is 1. The number of hydrogen-bond acceptors (Lipinski definition) is 5. The lowest BCUT2D eigenvalue weighted by atomic mass is 10.0. The summed E-state index contributed by atoms with van der Waals surface area (Å²) in [6.45, 7) is 5.59. The molecule has 2 aromatic carbocycles. The molecule has 3 aromatic rings. The Morgan fingerprint density at radius 2 is 1.92 bits per heavy atom. The van der Waals surface area contributed by atoms with Gasteiger partial charge in [0.2, 0.25) is 5.91 Å². The molecular formula is C27H31N5O4. The summed E-state index contributed by atoms with van der Waals surface area (Å²) in [6.07, 6.45) is 1.13. The van der Waals surface area contributed by atoms with E-state index in [2.05, 4.69) is 10.4 Å². The maximum Gasteiger partial charge on any atom is 0.256 e. The molecule has 188 valence electrons. The summed E-state index contributed by atoms with van der Waals surface area (Å²) in [4.78, 5) is 42.5. The first-order valence-electron chi connectivity index (χ1n) is 11.8. The molecule has 0 bridgehead atoms. The van der Waals surface area contributed by atoms with Crippen molar-refractivity contribution in [2.45, 2.75) is 39.5 Å². The molecule has 9 nitrogen and oxygen atoms in total. The van der Waals surface area contributed by atoms with Gasteiger partial charge >= 0.3 is 0 Å². The van der Waals surface area contributed by atoms with Crippen molar-refractivity contribution >= 4 is 23.4 Å². The first-order chi connectivity index (χ1) is 17.1. The number of amides is 3. The van der Waals surface area contributed by atoms with Crippen molar-refractivity contribution in [3.63, 3.8) is 0 Å². The van der Waals surface area contributed by atoms with Gasteiger partial charge in [0.15, 0.2) is 0 Å². The quantitative estimate of drug-likeness (QED) is 0.553. The molecule has 0 radical (unpaired) electrons. The number of hydrogen-bond donors (Lipinski definition) is 2. The predicted octanol–water partition coefficient (Wildman–Crippen LogP) is 2.51. The van der Waals surface area contributed by atoms with Gasteiger partial charge in [-0.15, -0.1) is 0 Å². The van der Waals surface area contributed by atoms with Crippen molar-refractivity contribution in [1.29, 1.82) is 0 Å². The SMILES string of the molecule is Cc1cnn(C)c1-c1ccc2c(c1)N(C)C(=O)[C@@H](C)N(Cc1cccc(C(=O)NCC(C)O)c1)C2=O. The van der Waals surface area contributed by atoms with Crippen LogP contribution in [-0.2, 0) is 18.4 Å². The zero-order valence-corrected chi connectivity index (χ0v) is 21.1. The van der Waals surface area contributed by atoms with Crippen LogP contribution in [0.25, 0.3) is 11.3 Å². The highest BCUT2D eigenvalue weighted by atomic mass is 16.3. The fraction of sp³-hybridized carbons (Fsp3) is 0.333. The number of nitrogens with zero attached hydrogens (tertiary/aromatic N) is 4. The highest BCUT2D eigenvalue weighted by Gasteiger charge is 2.36. The molecule has 1 aliphatic heterocycles. The van der Waals surface area contributed by atoms with E-state index < -0.39 is 12.1 Å². The van der Waals surface area contributed by atoms with E-state index in [4.69, 9.17) is 0 Å². The molecular weight excluding hydrogens is 458 g/mol. The fourth-order valence-electron chi connectivity index (χ4n) is 4.52. The number of aromatic nitrogens is 2. The van der Waals surface area contributed by atoms with Crippen LogP contribution in [0, 0.1) is 6.92 Å². The van der Waals surface area contributed by atoms with E-state index in [9.17, 15) is 19.5 Å². The van der Waals surface area contributed by atoms with Crippen LogP contribution in [0.3, 0.4) is 0 Å². The summed E-state index contributed by atoms with van der Waals surface area (Å²) in [5.41, 5.74) is 4.91. The van der Waals surface area contributed by atoms with Gasteiger partial charge in [-0.3, -0.25) is 19.1 Å². The maximum atomic E-state index is 13.7. The van der Waals surface area contributed by atoms with Crippen molar-refractivity contribution < 1.29 is 19.5 Å². The third-order valence-corrected chi connectivity index (χ3v) is 6.50.